The molecule has 0 fully saturated rings. The Balaban J connectivity index is 4.14. The maximum Gasteiger partial charge on any atom is 0.441 e. The highest BCUT2D eigenvalue weighted by Crippen LogP contribution is 2.09. The molecule has 0 spiro atoms. The first-order chi connectivity index (χ1) is 3.81. The van der Waals surface area contributed by atoms with E-state index in [-0.39, 0.29) is 4.48 Å². The lowest BCUT2D eigenvalue weighted by atomic mass is 10.5. The molecule has 4 heteroatoms. The van der Waals surface area contributed by atoms with Crippen LogP contribution < -0.4 is 0 Å². The topological polar surface area (TPSA) is 60.7 Å². The molecule has 0 aliphatic rings. The van der Waals surface area contributed by atoms with Gasteiger partial charge in [0.05, 0.1) is 20.6 Å². The smallest absolute Gasteiger partial charge is 0.293 e. The Labute approximate surface area is 54.6 Å². The number of nitrogens with zero attached hydrogens (tertiary/aromatic N) is 1. The van der Waals surface area contributed by atoms with Crippen molar-refractivity contribution in [2.45, 2.75) is 13.0 Å². The Morgan fingerprint density at radius 1 is 1.22 bits per heavy atom. The lowest BCUT2D eigenvalue weighted by molar-refractivity contribution is -1.02. The Morgan fingerprint density at radius 3 is 1.56 bits per heavy atom. The van der Waals surface area contributed by atoms with Gasteiger partial charge in [0, 0.05) is 0 Å². The van der Waals surface area contributed by atoms with Crippen molar-refractivity contribution in [3.8, 4) is 0 Å². The molecule has 4 nitrogen and oxygen atoms in total. The van der Waals surface area contributed by atoms with Crippen LogP contribution in [0.4, 0.5) is 0 Å². The standard InChI is InChI=1S/C5H14NO3/c1-4-6(2,3)5(7,8)9/h7-9H,4H2,1-3H3/q+1. The van der Waals surface area contributed by atoms with Crippen LogP contribution in [-0.4, -0.2) is 46.5 Å². The lowest BCUT2D eigenvalue weighted by Gasteiger charge is -2.34. The van der Waals surface area contributed by atoms with Gasteiger partial charge in [0.1, 0.15) is 0 Å². The van der Waals surface area contributed by atoms with Gasteiger partial charge < -0.3 is 0 Å². The van der Waals surface area contributed by atoms with Crippen LogP contribution in [0.3, 0.4) is 0 Å². The molecule has 0 rings (SSSR count). The molecule has 0 amide bonds. The Bertz CT molecular complexity index is 94.9. The number of aliphatic hydroxyl groups is 3. The van der Waals surface area contributed by atoms with Gasteiger partial charge in [-0.05, 0) is 6.92 Å². The first kappa shape index (κ1) is 8.84. The second-order valence-corrected chi connectivity index (χ2v) is 2.60. The van der Waals surface area contributed by atoms with E-state index in [9.17, 15) is 0 Å². The molecule has 9 heavy (non-hydrogen) atoms. The molecular formula is C5H14NO3+. The van der Waals surface area contributed by atoms with Crippen molar-refractivity contribution in [2.24, 2.45) is 0 Å². The van der Waals surface area contributed by atoms with Gasteiger partial charge in [0.15, 0.2) is 0 Å². The first-order valence-corrected chi connectivity index (χ1v) is 2.81. The van der Waals surface area contributed by atoms with Gasteiger partial charge in [0.25, 0.3) is 0 Å². The van der Waals surface area contributed by atoms with Crippen LogP contribution in [0.1, 0.15) is 6.92 Å². The highest BCUT2D eigenvalue weighted by molar-refractivity contribution is 4.25. The van der Waals surface area contributed by atoms with Crippen LogP contribution in [0.5, 0.6) is 0 Å². The minimum Gasteiger partial charge on any atom is -0.293 e. The van der Waals surface area contributed by atoms with Crippen molar-refractivity contribution in [1.82, 2.24) is 0 Å². The Morgan fingerprint density at radius 2 is 1.56 bits per heavy atom. The van der Waals surface area contributed by atoms with Crippen molar-refractivity contribution < 1.29 is 19.8 Å². The molecule has 0 saturated carbocycles. The summed E-state index contributed by atoms with van der Waals surface area (Å²) in [5.41, 5.74) is 0. The van der Waals surface area contributed by atoms with Crippen molar-refractivity contribution in [2.75, 3.05) is 20.6 Å². The molecule has 0 heterocycles. The van der Waals surface area contributed by atoms with E-state index in [0.717, 1.165) is 0 Å². The quantitative estimate of drug-likeness (QED) is 0.325. The average Bonchev–Trinajstić information content (AvgIpc) is 1.64. The predicted molar refractivity (Wildman–Crippen MR) is 32.0 cm³/mol. The van der Waals surface area contributed by atoms with Gasteiger partial charge in [-0.25, -0.2) is 4.48 Å². The molecule has 0 aromatic heterocycles. The van der Waals surface area contributed by atoms with Crippen LogP contribution in [-0.2, 0) is 0 Å². The van der Waals surface area contributed by atoms with E-state index >= 15 is 0 Å². The molecule has 0 aliphatic carbocycles. The molecule has 0 aromatic carbocycles. The molecule has 0 radical (unpaired) electrons. The van der Waals surface area contributed by atoms with Gasteiger partial charge >= 0.3 is 6.10 Å². The molecule has 0 aliphatic heterocycles. The summed E-state index contributed by atoms with van der Waals surface area (Å²) in [6.07, 6.45) is -2.62. The fourth-order valence-electron chi connectivity index (χ4n) is 0.212. The van der Waals surface area contributed by atoms with E-state index in [1.807, 2.05) is 0 Å². The minimum atomic E-state index is -2.62. The molecule has 0 unspecified atom stereocenters. The second-order valence-electron chi connectivity index (χ2n) is 2.60. The van der Waals surface area contributed by atoms with Crippen molar-refractivity contribution in [1.29, 1.82) is 0 Å². The van der Waals surface area contributed by atoms with Gasteiger partial charge in [-0.15, -0.1) is 0 Å². The van der Waals surface area contributed by atoms with Crippen molar-refractivity contribution in [3.05, 3.63) is 0 Å². The van der Waals surface area contributed by atoms with Crippen molar-refractivity contribution in [3.63, 3.8) is 0 Å². The lowest BCUT2D eigenvalue weighted by Crippen LogP contribution is -2.59. The van der Waals surface area contributed by atoms with E-state index < -0.39 is 6.10 Å². The SMILES string of the molecule is CC[N+](C)(C)C(O)(O)O. The van der Waals surface area contributed by atoms with E-state index in [2.05, 4.69) is 0 Å². The van der Waals surface area contributed by atoms with E-state index in [0.29, 0.717) is 6.54 Å². The molecule has 0 saturated heterocycles. The predicted octanol–water partition coefficient (Wildman–Crippen LogP) is -1.33. The third-order valence-electron chi connectivity index (χ3n) is 1.60. The number of hydrogen-bond donors (Lipinski definition) is 3. The maximum atomic E-state index is 8.63. The summed E-state index contributed by atoms with van der Waals surface area (Å²) in [6.45, 7) is 2.20. The van der Waals surface area contributed by atoms with Crippen LogP contribution >= 0.6 is 0 Å². The monoisotopic (exact) mass is 136 g/mol. The van der Waals surface area contributed by atoms with Gasteiger partial charge in [-0.2, -0.15) is 0 Å². The second kappa shape index (κ2) is 2.22. The number of quaternary nitrogens is 1. The minimum absolute atomic E-state index is 0.243. The van der Waals surface area contributed by atoms with Crippen LogP contribution in [0.25, 0.3) is 0 Å². The molecule has 0 atom stereocenters. The van der Waals surface area contributed by atoms with Gasteiger partial charge in [0.2, 0.25) is 0 Å². The number of hydrogen-bond acceptors (Lipinski definition) is 3. The van der Waals surface area contributed by atoms with Gasteiger partial charge in [-0.1, -0.05) is 0 Å². The van der Waals surface area contributed by atoms with Crippen molar-refractivity contribution >= 4 is 0 Å². The third-order valence-corrected chi connectivity index (χ3v) is 1.60. The Kier molecular flexibility index (Phi) is 2.19. The fraction of sp³-hybridized carbons (Fsp3) is 1.00. The summed E-state index contributed by atoms with van der Waals surface area (Å²) in [4.78, 5) is 0. The zero-order valence-electron chi connectivity index (χ0n) is 6.00. The fourth-order valence-corrected chi connectivity index (χ4v) is 0.212. The molecule has 3 N–H and O–H groups in total. The van der Waals surface area contributed by atoms with Gasteiger partial charge in [-0.3, -0.25) is 15.3 Å². The van der Waals surface area contributed by atoms with E-state index in [1.54, 1.807) is 6.92 Å². The maximum absolute atomic E-state index is 8.63. The van der Waals surface area contributed by atoms with Crippen LogP contribution in [0.2, 0.25) is 0 Å². The average molecular weight is 136 g/mol. The third kappa shape index (κ3) is 1.91. The summed E-state index contributed by atoms with van der Waals surface area (Å²) >= 11 is 0. The highest BCUT2D eigenvalue weighted by Gasteiger charge is 2.38. The molecular weight excluding hydrogens is 122 g/mol. The molecule has 0 aromatic rings. The zero-order chi connectivity index (χ0) is 7.71. The summed E-state index contributed by atoms with van der Waals surface area (Å²) in [6, 6.07) is 0. The molecule has 56 valence electrons. The molecule has 0 bridgehead atoms. The first-order valence-electron chi connectivity index (χ1n) is 2.81. The van der Waals surface area contributed by atoms with E-state index in [4.69, 9.17) is 15.3 Å². The normalized spacial score (nSPS) is 14.0. The largest absolute Gasteiger partial charge is 0.441 e. The number of rotatable bonds is 2. The summed E-state index contributed by atoms with van der Waals surface area (Å²) in [5, 5.41) is 25.9. The van der Waals surface area contributed by atoms with E-state index in [1.165, 1.54) is 14.1 Å². The van der Waals surface area contributed by atoms with Crippen LogP contribution in [0, 0.1) is 0 Å². The highest BCUT2D eigenvalue weighted by atomic mass is 16.7. The summed E-state index contributed by atoms with van der Waals surface area (Å²) < 4.78 is -0.243. The zero-order valence-corrected chi connectivity index (χ0v) is 6.00. The van der Waals surface area contributed by atoms with Crippen LogP contribution in [0.15, 0.2) is 0 Å². The Hall–Kier alpha value is -0.160. The summed E-state index contributed by atoms with van der Waals surface area (Å²) in [5.74, 6) is 0. The summed E-state index contributed by atoms with van der Waals surface area (Å²) in [7, 11) is 3.03.